The van der Waals surface area contributed by atoms with Gasteiger partial charge in [-0.25, -0.2) is 0 Å². The van der Waals surface area contributed by atoms with Crippen molar-refractivity contribution in [3.63, 3.8) is 0 Å². The van der Waals surface area contributed by atoms with Gasteiger partial charge in [0.25, 0.3) is 0 Å². The molecule has 0 bridgehead atoms. The fourth-order valence-corrected chi connectivity index (χ4v) is 2.03. The number of aromatic hydroxyl groups is 1. The van der Waals surface area contributed by atoms with Crippen molar-refractivity contribution in [2.45, 2.75) is 25.7 Å². The SMILES string of the molecule is OB(O)c1ccc2c(c1O)CCCC2. The minimum Gasteiger partial charge on any atom is -0.508 e. The number of hydrogen-bond donors (Lipinski definition) is 3. The van der Waals surface area contributed by atoms with Crippen molar-refractivity contribution in [2.75, 3.05) is 0 Å². The first-order valence-corrected chi connectivity index (χ1v) is 4.90. The van der Waals surface area contributed by atoms with E-state index < -0.39 is 7.12 Å². The molecule has 0 radical (unpaired) electrons. The zero-order valence-corrected chi connectivity index (χ0v) is 7.90. The Hall–Kier alpha value is -0.995. The van der Waals surface area contributed by atoms with Crippen LogP contribution in [0.3, 0.4) is 0 Å². The predicted octanol–water partition coefficient (Wildman–Crippen LogP) is -0.0492. The van der Waals surface area contributed by atoms with Gasteiger partial charge in [0.2, 0.25) is 0 Å². The number of phenolic OH excluding ortho intramolecular Hbond substituents is 1. The van der Waals surface area contributed by atoms with Crippen LogP contribution in [0.5, 0.6) is 5.75 Å². The van der Waals surface area contributed by atoms with Gasteiger partial charge in [0, 0.05) is 5.46 Å². The van der Waals surface area contributed by atoms with Crippen LogP contribution in [0.1, 0.15) is 24.0 Å². The van der Waals surface area contributed by atoms with E-state index in [1.807, 2.05) is 6.07 Å². The molecule has 4 heteroatoms. The maximum Gasteiger partial charge on any atom is 0.492 e. The second kappa shape index (κ2) is 3.63. The summed E-state index contributed by atoms with van der Waals surface area (Å²) in [5.74, 6) is 0.0669. The summed E-state index contributed by atoms with van der Waals surface area (Å²) in [6.07, 6.45) is 4.02. The van der Waals surface area contributed by atoms with Gasteiger partial charge >= 0.3 is 7.12 Å². The second-order valence-electron chi connectivity index (χ2n) is 3.72. The van der Waals surface area contributed by atoms with Crippen LogP contribution in [0.25, 0.3) is 0 Å². The molecular weight excluding hydrogens is 179 g/mol. The summed E-state index contributed by atoms with van der Waals surface area (Å²) in [6, 6.07) is 3.47. The van der Waals surface area contributed by atoms with Crippen molar-refractivity contribution in [2.24, 2.45) is 0 Å². The third-order valence-corrected chi connectivity index (χ3v) is 2.81. The highest BCUT2D eigenvalue weighted by Crippen LogP contribution is 2.27. The van der Waals surface area contributed by atoms with E-state index in [2.05, 4.69) is 0 Å². The minimum absolute atomic E-state index is 0.0669. The summed E-state index contributed by atoms with van der Waals surface area (Å²) in [7, 11) is -1.58. The van der Waals surface area contributed by atoms with Gasteiger partial charge in [-0.15, -0.1) is 0 Å². The fourth-order valence-electron chi connectivity index (χ4n) is 2.03. The topological polar surface area (TPSA) is 60.7 Å². The molecule has 0 saturated carbocycles. The smallest absolute Gasteiger partial charge is 0.492 e. The molecule has 1 aromatic rings. The van der Waals surface area contributed by atoms with Crippen LogP contribution in [0.4, 0.5) is 0 Å². The first-order chi connectivity index (χ1) is 6.70. The Bertz CT molecular complexity index is 349. The predicted molar refractivity (Wildman–Crippen MR) is 54.6 cm³/mol. The largest absolute Gasteiger partial charge is 0.508 e. The van der Waals surface area contributed by atoms with Gasteiger partial charge in [-0.3, -0.25) is 0 Å². The Morgan fingerprint density at radius 2 is 1.79 bits per heavy atom. The average Bonchev–Trinajstić information content (AvgIpc) is 2.18. The molecule has 0 aliphatic heterocycles. The van der Waals surface area contributed by atoms with E-state index in [1.165, 1.54) is 0 Å². The zero-order chi connectivity index (χ0) is 10.1. The molecule has 0 fully saturated rings. The molecule has 3 N–H and O–H groups in total. The molecule has 1 aromatic carbocycles. The molecule has 0 amide bonds. The normalized spacial score (nSPS) is 15.0. The van der Waals surface area contributed by atoms with E-state index in [4.69, 9.17) is 10.0 Å². The lowest BCUT2D eigenvalue weighted by Crippen LogP contribution is -2.31. The highest BCUT2D eigenvalue weighted by molar-refractivity contribution is 6.59. The van der Waals surface area contributed by atoms with Crippen LogP contribution in [0.15, 0.2) is 12.1 Å². The fraction of sp³-hybridized carbons (Fsp3) is 0.400. The monoisotopic (exact) mass is 192 g/mol. The zero-order valence-electron chi connectivity index (χ0n) is 7.90. The van der Waals surface area contributed by atoms with E-state index in [0.29, 0.717) is 0 Å². The van der Waals surface area contributed by atoms with Crippen LogP contribution in [0.2, 0.25) is 0 Å². The highest BCUT2D eigenvalue weighted by atomic mass is 16.4. The molecule has 0 saturated heterocycles. The van der Waals surface area contributed by atoms with E-state index in [9.17, 15) is 5.11 Å². The first-order valence-electron chi connectivity index (χ1n) is 4.90. The number of aryl methyl sites for hydroxylation is 1. The molecule has 0 spiro atoms. The number of hydrogen-bond acceptors (Lipinski definition) is 3. The lowest BCUT2D eigenvalue weighted by Gasteiger charge is -2.18. The first kappa shape index (κ1) is 9.56. The molecule has 3 nitrogen and oxygen atoms in total. The Labute approximate surface area is 83.2 Å². The number of phenols is 1. The van der Waals surface area contributed by atoms with Crippen molar-refractivity contribution in [1.82, 2.24) is 0 Å². The minimum atomic E-state index is -1.58. The molecule has 1 aliphatic rings. The van der Waals surface area contributed by atoms with E-state index in [-0.39, 0.29) is 11.2 Å². The maximum atomic E-state index is 9.79. The third kappa shape index (κ3) is 1.51. The quantitative estimate of drug-likeness (QED) is 0.546. The van der Waals surface area contributed by atoms with Crippen molar-refractivity contribution in [3.05, 3.63) is 23.3 Å². The van der Waals surface area contributed by atoms with Crippen molar-refractivity contribution in [3.8, 4) is 5.75 Å². The number of fused-ring (bicyclic) bond motifs is 1. The Morgan fingerprint density at radius 3 is 2.50 bits per heavy atom. The van der Waals surface area contributed by atoms with Crippen LogP contribution >= 0.6 is 0 Å². The van der Waals surface area contributed by atoms with Crippen molar-refractivity contribution in [1.29, 1.82) is 0 Å². The van der Waals surface area contributed by atoms with Gasteiger partial charge in [0.1, 0.15) is 5.75 Å². The summed E-state index contributed by atoms with van der Waals surface area (Å²) in [5, 5.41) is 27.8. The van der Waals surface area contributed by atoms with Gasteiger partial charge in [-0.2, -0.15) is 0 Å². The van der Waals surface area contributed by atoms with Gasteiger partial charge in [-0.05, 0) is 36.8 Å². The van der Waals surface area contributed by atoms with Crippen LogP contribution in [-0.4, -0.2) is 22.3 Å². The summed E-state index contributed by atoms with van der Waals surface area (Å²) < 4.78 is 0. The molecular formula is C10H13BO3. The van der Waals surface area contributed by atoms with Gasteiger partial charge in [-0.1, -0.05) is 12.1 Å². The van der Waals surface area contributed by atoms with Crippen molar-refractivity contribution < 1.29 is 15.2 Å². The van der Waals surface area contributed by atoms with Gasteiger partial charge in [0.15, 0.2) is 0 Å². The van der Waals surface area contributed by atoms with E-state index in [0.717, 1.165) is 36.8 Å². The summed E-state index contributed by atoms with van der Waals surface area (Å²) in [6.45, 7) is 0. The molecule has 1 aliphatic carbocycles. The lowest BCUT2D eigenvalue weighted by molar-refractivity contribution is 0.418. The van der Waals surface area contributed by atoms with Gasteiger partial charge < -0.3 is 15.2 Å². The molecule has 0 heterocycles. The Balaban J connectivity index is 2.49. The maximum absolute atomic E-state index is 9.79. The van der Waals surface area contributed by atoms with Crippen molar-refractivity contribution >= 4 is 12.6 Å². The molecule has 14 heavy (non-hydrogen) atoms. The summed E-state index contributed by atoms with van der Waals surface area (Å²) in [5.41, 5.74) is 2.24. The number of benzene rings is 1. The van der Waals surface area contributed by atoms with Gasteiger partial charge in [0.05, 0.1) is 0 Å². The number of rotatable bonds is 1. The standard InChI is InChI=1S/C10H13BO3/c12-10-8-4-2-1-3-7(8)5-6-9(10)11(13)14/h5-6,12-14H,1-4H2. The molecule has 0 atom stereocenters. The molecule has 0 unspecified atom stereocenters. The molecule has 0 aromatic heterocycles. The van der Waals surface area contributed by atoms with Crippen LogP contribution in [-0.2, 0) is 12.8 Å². The second-order valence-corrected chi connectivity index (χ2v) is 3.72. The third-order valence-electron chi connectivity index (χ3n) is 2.81. The highest BCUT2D eigenvalue weighted by Gasteiger charge is 2.21. The summed E-state index contributed by atoms with van der Waals surface area (Å²) >= 11 is 0. The average molecular weight is 192 g/mol. The Kier molecular flexibility index (Phi) is 2.48. The van der Waals surface area contributed by atoms with E-state index >= 15 is 0 Å². The summed E-state index contributed by atoms with van der Waals surface area (Å²) in [4.78, 5) is 0. The molecule has 74 valence electrons. The Morgan fingerprint density at radius 1 is 1.07 bits per heavy atom. The van der Waals surface area contributed by atoms with Crippen LogP contribution < -0.4 is 5.46 Å². The van der Waals surface area contributed by atoms with E-state index in [1.54, 1.807) is 6.07 Å². The lowest BCUT2D eigenvalue weighted by atomic mass is 9.76. The van der Waals surface area contributed by atoms with Crippen LogP contribution in [0, 0.1) is 0 Å². The molecule has 2 rings (SSSR count).